The van der Waals surface area contributed by atoms with Gasteiger partial charge in [0, 0.05) is 51.8 Å². The highest BCUT2D eigenvalue weighted by atomic mass is 16.6. The van der Waals surface area contributed by atoms with Gasteiger partial charge in [0.05, 0.1) is 12.3 Å². The number of piperazine rings is 1. The third kappa shape index (κ3) is 6.63. The molecule has 1 saturated carbocycles. The fourth-order valence-electron chi connectivity index (χ4n) is 5.47. The lowest BCUT2D eigenvalue weighted by molar-refractivity contribution is -0.160. The molecule has 1 aromatic heterocycles. The second-order valence-electron chi connectivity index (χ2n) is 11.2. The van der Waals surface area contributed by atoms with E-state index < -0.39 is 35.5 Å². The molecule has 236 valence electrons. The Labute approximate surface area is 254 Å². The van der Waals surface area contributed by atoms with Crippen molar-refractivity contribution in [3.05, 3.63) is 42.1 Å². The molecule has 5 rings (SSSR count). The van der Waals surface area contributed by atoms with Crippen molar-refractivity contribution in [3.63, 3.8) is 0 Å². The number of para-hydroxylation sites is 1. The Balaban J connectivity index is 1.34. The van der Waals surface area contributed by atoms with Crippen LogP contribution in [0.15, 0.2) is 36.4 Å². The number of ether oxygens (including phenoxy) is 2. The van der Waals surface area contributed by atoms with E-state index >= 15 is 0 Å². The van der Waals surface area contributed by atoms with E-state index in [0.717, 1.165) is 12.8 Å². The summed E-state index contributed by atoms with van der Waals surface area (Å²) in [7, 11) is 0. The molecule has 2 saturated heterocycles. The Morgan fingerprint density at radius 2 is 1.64 bits per heavy atom. The molecule has 3 heterocycles. The number of likely N-dealkylation sites (tertiary alicyclic amines) is 1. The first kappa shape index (κ1) is 30.8. The summed E-state index contributed by atoms with van der Waals surface area (Å²) < 4.78 is 12.9. The van der Waals surface area contributed by atoms with Crippen LogP contribution in [0.1, 0.15) is 55.9 Å². The highest BCUT2D eigenvalue weighted by Gasteiger charge is 2.50. The number of nitrogens with zero attached hydrogens (tertiary/aromatic N) is 5. The minimum Gasteiger partial charge on any atom is -0.481 e. The van der Waals surface area contributed by atoms with Crippen molar-refractivity contribution in [2.45, 2.75) is 57.1 Å². The predicted octanol–water partition coefficient (Wildman–Crippen LogP) is 1.67. The molecule has 3 aliphatic rings. The number of aliphatic carboxylic acids is 1. The SMILES string of the molecule is CCOC(=O)N1CCN(C(=O)C(CCC(=O)O)NC(=O)c2cc(OC3(C(=O)N4CCC4)CCC3)n(-c3ccccc3)n2)CC1. The predicted molar refractivity (Wildman–Crippen MR) is 155 cm³/mol. The number of benzene rings is 1. The highest BCUT2D eigenvalue weighted by molar-refractivity contribution is 5.96. The van der Waals surface area contributed by atoms with Crippen LogP contribution in [0, 0.1) is 0 Å². The maximum atomic E-state index is 13.5. The van der Waals surface area contributed by atoms with Crippen LogP contribution < -0.4 is 10.1 Å². The van der Waals surface area contributed by atoms with Crippen LogP contribution in [0.3, 0.4) is 0 Å². The minimum atomic E-state index is -1.13. The van der Waals surface area contributed by atoms with Crippen LogP contribution >= 0.6 is 0 Å². The Kier molecular flexibility index (Phi) is 9.35. The molecule has 44 heavy (non-hydrogen) atoms. The van der Waals surface area contributed by atoms with E-state index in [-0.39, 0.29) is 63.1 Å². The van der Waals surface area contributed by atoms with Gasteiger partial charge in [0.15, 0.2) is 11.3 Å². The summed E-state index contributed by atoms with van der Waals surface area (Å²) >= 11 is 0. The normalized spacial score (nSPS) is 18.0. The van der Waals surface area contributed by atoms with Gasteiger partial charge in [-0.2, -0.15) is 5.10 Å². The van der Waals surface area contributed by atoms with Gasteiger partial charge < -0.3 is 34.6 Å². The molecular weight excluding hydrogens is 572 g/mol. The largest absolute Gasteiger partial charge is 0.481 e. The molecule has 0 radical (unpaired) electrons. The number of nitrogens with one attached hydrogen (secondary N) is 1. The molecule has 1 unspecified atom stereocenters. The average Bonchev–Trinajstić information content (AvgIpc) is 3.40. The van der Waals surface area contributed by atoms with Crippen molar-refractivity contribution in [1.29, 1.82) is 0 Å². The van der Waals surface area contributed by atoms with Crippen molar-refractivity contribution in [1.82, 2.24) is 29.8 Å². The van der Waals surface area contributed by atoms with E-state index in [1.165, 1.54) is 20.5 Å². The second-order valence-corrected chi connectivity index (χ2v) is 11.2. The number of hydrogen-bond acceptors (Lipinski definition) is 8. The van der Waals surface area contributed by atoms with Crippen molar-refractivity contribution in [2.75, 3.05) is 45.9 Å². The van der Waals surface area contributed by atoms with Crippen molar-refractivity contribution < 1.29 is 38.6 Å². The summed E-state index contributed by atoms with van der Waals surface area (Å²) in [5, 5.41) is 16.5. The van der Waals surface area contributed by atoms with Gasteiger partial charge in [0.1, 0.15) is 6.04 Å². The molecule has 3 fully saturated rings. The fraction of sp³-hybridized carbons (Fsp3) is 0.533. The zero-order chi connectivity index (χ0) is 31.3. The molecule has 2 aromatic rings. The van der Waals surface area contributed by atoms with Crippen LogP contribution in [-0.4, -0.2) is 117 Å². The van der Waals surface area contributed by atoms with Gasteiger partial charge in [-0.15, -0.1) is 0 Å². The van der Waals surface area contributed by atoms with Crippen LogP contribution in [0.4, 0.5) is 4.79 Å². The first-order chi connectivity index (χ1) is 21.2. The smallest absolute Gasteiger partial charge is 0.409 e. The topological polar surface area (TPSA) is 164 Å². The third-order valence-corrected chi connectivity index (χ3v) is 8.27. The number of carbonyl (C=O) groups excluding carboxylic acids is 4. The summed E-state index contributed by atoms with van der Waals surface area (Å²) in [4.78, 5) is 68.5. The fourth-order valence-corrected chi connectivity index (χ4v) is 5.47. The van der Waals surface area contributed by atoms with E-state index in [0.29, 0.717) is 31.6 Å². The quantitative estimate of drug-likeness (QED) is 0.385. The molecule has 1 aromatic carbocycles. The molecule has 1 aliphatic carbocycles. The number of carboxylic acids is 1. The van der Waals surface area contributed by atoms with Crippen LogP contribution in [0.2, 0.25) is 0 Å². The Bertz CT molecular complexity index is 1380. The summed E-state index contributed by atoms with van der Waals surface area (Å²) in [5.41, 5.74) is -0.452. The maximum absolute atomic E-state index is 13.5. The monoisotopic (exact) mass is 610 g/mol. The molecule has 1 atom stereocenters. The molecule has 2 N–H and O–H groups in total. The lowest BCUT2D eigenvalue weighted by Gasteiger charge is -2.45. The van der Waals surface area contributed by atoms with Crippen molar-refractivity contribution in [3.8, 4) is 11.6 Å². The number of rotatable bonds is 11. The average molecular weight is 611 g/mol. The number of amides is 4. The number of carbonyl (C=O) groups is 5. The Hall–Kier alpha value is -4.62. The van der Waals surface area contributed by atoms with Crippen molar-refractivity contribution in [2.24, 2.45) is 0 Å². The zero-order valence-corrected chi connectivity index (χ0v) is 24.8. The standard InChI is InChI=1S/C30H38N6O8/c1-2-43-29(42)35-18-16-33(17-19-35)27(40)22(10-11-25(37)38)31-26(39)23-20-24(36(32-23)21-8-4-3-5-9-21)44-30(12-6-13-30)28(41)34-14-7-15-34/h3-5,8-9,20,22H,2,6-7,10-19H2,1H3,(H,31,39)(H,37,38). The van der Waals surface area contributed by atoms with Gasteiger partial charge in [-0.05, 0) is 51.2 Å². The maximum Gasteiger partial charge on any atom is 0.409 e. The molecule has 4 amide bonds. The summed E-state index contributed by atoms with van der Waals surface area (Å²) in [6.07, 6.45) is 1.97. The minimum absolute atomic E-state index is 0.0463. The first-order valence-electron chi connectivity index (χ1n) is 15.1. The van der Waals surface area contributed by atoms with Gasteiger partial charge in [-0.25, -0.2) is 9.48 Å². The van der Waals surface area contributed by atoms with E-state index in [9.17, 15) is 29.1 Å². The van der Waals surface area contributed by atoms with E-state index in [1.54, 1.807) is 24.0 Å². The summed E-state index contributed by atoms with van der Waals surface area (Å²) in [5.74, 6) is -2.08. The lowest BCUT2D eigenvalue weighted by Crippen LogP contribution is -2.60. The summed E-state index contributed by atoms with van der Waals surface area (Å²) in [6, 6.07) is 9.36. The molecule has 14 nitrogen and oxygen atoms in total. The number of carboxylic acid groups (broad SMARTS) is 1. The lowest BCUT2D eigenvalue weighted by atomic mass is 9.78. The van der Waals surface area contributed by atoms with Crippen LogP contribution in [-0.2, 0) is 19.1 Å². The highest BCUT2D eigenvalue weighted by Crippen LogP contribution is 2.40. The second kappa shape index (κ2) is 13.3. The number of hydrogen-bond donors (Lipinski definition) is 2. The molecule has 0 bridgehead atoms. The van der Waals surface area contributed by atoms with Crippen molar-refractivity contribution >= 4 is 29.8 Å². The molecular formula is C30H38N6O8. The third-order valence-electron chi connectivity index (χ3n) is 8.27. The van der Waals surface area contributed by atoms with Gasteiger partial charge in [-0.3, -0.25) is 19.2 Å². The van der Waals surface area contributed by atoms with Crippen LogP contribution in [0.25, 0.3) is 5.69 Å². The molecule has 2 aliphatic heterocycles. The van der Waals surface area contributed by atoms with Gasteiger partial charge in [0.2, 0.25) is 11.8 Å². The molecule has 0 spiro atoms. The molecule has 14 heteroatoms. The van der Waals surface area contributed by atoms with Gasteiger partial charge in [0.25, 0.3) is 11.8 Å². The Morgan fingerprint density at radius 3 is 2.20 bits per heavy atom. The van der Waals surface area contributed by atoms with E-state index in [2.05, 4.69) is 10.4 Å². The van der Waals surface area contributed by atoms with E-state index in [4.69, 9.17) is 9.47 Å². The number of aromatic nitrogens is 2. The van der Waals surface area contributed by atoms with Crippen LogP contribution in [0.5, 0.6) is 5.88 Å². The summed E-state index contributed by atoms with van der Waals surface area (Å²) in [6.45, 7) is 4.27. The van der Waals surface area contributed by atoms with Gasteiger partial charge >= 0.3 is 12.1 Å². The van der Waals surface area contributed by atoms with Gasteiger partial charge in [-0.1, -0.05) is 18.2 Å². The zero-order valence-electron chi connectivity index (χ0n) is 24.8. The first-order valence-corrected chi connectivity index (χ1v) is 15.1. The Morgan fingerprint density at radius 1 is 0.955 bits per heavy atom. The van der Waals surface area contributed by atoms with E-state index in [1.807, 2.05) is 18.2 Å².